The summed E-state index contributed by atoms with van der Waals surface area (Å²) in [5.41, 5.74) is 0.810. The van der Waals surface area contributed by atoms with Gasteiger partial charge in [-0.05, 0) is 44.7 Å². The summed E-state index contributed by atoms with van der Waals surface area (Å²) < 4.78 is 7.04. The molecular formula is C17H17N3O3S. The Kier molecular flexibility index (Phi) is 3.72. The van der Waals surface area contributed by atoms with E-state index < -0.39 is 5.91 Å². The lowest BCUT2D eigenvalue weighted by Crippen LogP contribution is -2.31. The van der Waals surface area contributed by atoms with Crippen molar-refractivity contribution in [2.75, 3.05) is 0 Å². The van der Waals surface area contributed by atoms with Crippen molar-refractivity contribution in [3.8, 4) is 0 Å². The number of amides is 1. The van der Waals surface area contributed by atoms with E-state index in [0.717, 1.165) is 37.1 Å². The first-order chi connectivity index (χ1) is 11.6. The minimum atomic E-state index is -0.424. The van der Waals surface area contributed by atoms with Gasteiger partial charge in [-0.15, -0.1) is 11.3 Å². The molecule has 0 spiro atoms. The molecule has 1 aliphatic rings. The van der Waals surface area contributed by atoms with Crippen molar-refractivity contribution >= 4 is 22.2 Å². The third kappa shape index (κ3) is 2.54. The van der Waals surface area contributed by atoms with Gasteiger partial charge >= 0.3 is 0 Å². The molecule has 0 atom stereocenters. The topological polar surface area (TPSA) is 76.6 Å². The van der Waals surface area contributed by atoms with Crippen LogP contribution in [0.1, 0.15) is 45.3 Å². The normalized spacial score (nSPS) is 13.9. The van der Waals surface area contributed by atoms with Gasteiger partial charge in [0.05, 0.1) is 6.54 Å². The highest BCUT2D eigenvalue weighted by molar-refractivity contribution is 7.17. The van der Waals surface area contributed by atoms with E-state index in [2.05, 4.69) is 10.3 Å². The summed E-state index contributed by atoms with van der Waals surface area (Å²) in [6.07, 6.45) is 5.45. The summed E-state index contributed by atoms with van der Waals surface area (Å²) in [7, 11) is 0. The Bertz CT molecular complexity index is 983. The van der Waals surface area contributed by atoms with E-state index >= 15 is 0 Å². The highest BCUT2D eigenvalue weighted by atomic mass is 32.1. The largest absolute Gasteiger partial charge is 0.465 e. The van der Waals surface area contributed by atoms with Gasteiger partial charge in [-0.25, -0.2) is 4.98 Å². The predicted molar refractivity (Wildman–Crippen MR) is 90.6 cm³/mol. The Morgan fingerprint density at radius 3 is 3.00 bits per heavy atom. The SMILES string of the molecule is Cc1ccc(CNC(=O)c2cnc3sc4c(n3c2=O)CCCC4)o1. The summed E-state index contributed by atoms with van der Waals surface area (Å²) in [5, 5.41) is 2.72. The molecule has 3 aromatic heterocycles. The van der Waals surface area contributed by atoms with Crippen molar-refractivity contribution in [3.05, 3.63) is 56.3 Å². The molecule has 1 N–H and O–H groups in total. The molecule has 0 fully saturated rings. The lowest BCUT2D eigenvalue weighted by molar-refractivity contribution is 0.0946. The van der Waals surface area contributed by atoms with E-state index in [4.69, 9.17) is 4.42 Å². The third-order valence-electron chi connectivity index (χ3n) is 4.27. The van der Waals surface area contributed by atoms with E-state index in [-0.39, 0.29) is 17.7 Å². The molecule has 124 valence electrons. The van der Waals surface area contributed by atoms with E-state index in [1.807, 2.05) is 13.0 Å². The van der Waals surface area contributed by atoms with E-state index in [1.54, 1.807) is 21.8 Å². The highest BCUT2D eigenvalue weighted by Gasteiger charge is 2.21. The second kappa shape index (κ2) is 5.90. The average molecular weight is 343 g/mol. The predicted octanol–water partition coefficient (Wildman–Crippen LogP) is 2.47. The van der Waals surface area contributed by atoms with Crippen LogP contribution in [-0.2, 0) is 19.4 Å². The van der Waals surface area contributed by atoms with Crippen molar-refractivity contribution in [2.24, 2.45) is 0 Å². The van der Waals surface area contributed by atoms with Gasteiger partial charge < -0.3 is 9.73 Å². The number of carbonyl (C=O) groups is 1. The zero-order valence-electron chi connectivity index (χ0n) is 13.3. The summed E-state index contributed by atoms with van der Waals surface area (Å²) in [6.45, 7) is 2.09. The first-order valence-electron chi connectivity index (χ1n) is 7.99. The number of nitrogens with zero attached hydrogens (tertiary/aromatic N) is 2. The quantitative estimate of drug-likeness (QED) is 0.792. The highest BCUT2D eigenvalue weighted by Crippen LogP contribution is 2.28. The first-order valence-corrected chi connectivity index (χ1v) is 8.81. The number of aromatic nitrogens is 2. The fraction of sp³-hybridized carbons (Fsp3) is 0.353. The molecular weight excluding hydrogens is 326 g/mol. The molecule has 1 aliphatic carbocycles. The molecule has 3 heterocycles. The second-order valence-electron chi connectivity index (χ2n) is 5.97. The number of thiazole rings is 1. The number of carbonyl (C=O) groups excluding carboxylic acids is 1. The van der Waals surface area contributed by atoms with Gasteiger partial charge in [0.2, 0.25) is 0 Å². The Balaban J connectivity index is 1.65. The summed E-state index contributed by atoms with van der Waals surface area (Å²) in [6, 6.07) is 3.64. The minimum Gasteiger partial charge on any atom is -0.465 e. The number of hydrogen-bond acceptors (Lipinski definition) is 5. The van der Waals surface area contributed by atoms with E-state index in [9.17, 15) is 9.59 Å². The van der Waals surface area contributed by atoms with Gasteiger partial charge in [-0.1, -0.05) is 0 Å². The number of furan rings is 1. The van der Waals surface area contributed by atoms with Crippen LogP contribution < -0.4 is 10.9 Å². The van der Waals surface area contributed by atoms with Crippen LogP contribution in [0.15, 0.2) is 27.5 Å². The van der Waals surface area contributed by atoms with Crippen LogP contribution in [0.2, 0.25) is 0 Å². The zero-order chi connectivity index (χ0) is 16.7. The molecule has 0 aromatic carbocycles. The molecule has 0 radical (unpaired) electrons. The number of rotatable bonds is 3. The van der Waals surface area contributed by atoms with Crippen LogP contribution in [0, 0.1) is 6.92 Å². The molecule has 0 bridgehead atoms. The summed E-state index contributed by atoms with van der Waals surface area (Å²) in [4.78, 5) is 31.4. The van der Waals surface area contributed by atoms with Crippen molar-refractivity contribution in [3.63, 3.8) is 0 Å². The summed E-state index contributed by atoms with van der Waals surface area (Å²) >= 11 is 1.55. The molecule has 0 aliphatic heterocycles. The number of fused-ring (bicyclic) bond motifs is 3. The maximum absolute atomic E-state index is 12.8. The average Bonchev–Trinajstić information content (AvgIpc) is 3.16. The Labute approximate surface area is 142 Å². The summed E-state index contributed by atoms with van der Waals surface area (Å²) in [5.74, 6) is 1.02. The van der Waals surface area contributed by atoms with Crippen LogP contribution in [-0.4, -0.2) is 15.3 Å². The van der Waals surface area contributed by atoms with Gasteiger partial charge in [0.15, 0.2) is 4.96 Å². The van der Waals surface area contributed by atoms with Crippen LogP contribution in [0.4, 0.5) is 0 Å². The molecule has 4 rings (SSSR count). The molecule has 24 heavy (non-hydrogen) atoms. The molecule has 0 saturated carbocycles. The molecule has 0 saturated heterocycles. The smallest absolute Gasteiger partial charge is 0.271 e. The lowest BCUT2D eigenvalue weighted by Gasteiger charge is -2.10. The maximum atomic E-state index is 12.8. The van der Waals surface area contributed by atoms with Gasteiger partial charge in [0, 0.05) is 16.8 Å². The molecule has 0 unspecified atom stereocenters. The Morgan fingerprint density at radius 1 is 1.38 bits per heavy atom. The van der Waals surface area contributed by atoms with Gasteiger partial charge in [-0.3, -0.25) is 14.0 Å². The number of aryl methyl sites for hydroxylation is 3. The second-order valence-corrected chi connectivity index (χ2v) is 7.03. The molecule has 6 nitrogen and oxygen atoms in total. The van der Waals surface area contributed by atoms with Crippen molar-refractivity contribution < 1.29 is 9.21 Å². The van der Waals surface area contributed by atoms with Crippen LogP contribution in [0.3, 0.4) is 0 Å². The van der Waals surface area contributed by atoms with Crippen molar-refractivity contribution in [2.45, 2.75) is 39.2 Å². The third-order valence-corrected chi connectivity index (χ3v) is 5.42. The fourth-order valence-corrected chi connectivity index (χ4v) is 4.23. The monoisotopic (exact) mass is 343 g/mol. The molecule has 3 aromatic rings. The van der Waals surface area contributed by atoms with Crippen molar-refractivity contribution in [1.82, 2.24) is 14.7 Å². The van der Waals surface area contributed by atoms with Crippen LogP contribution in [0.25, 0.3) is 4.96 Å². The van der Waals surface area contributed by atoms with Crippen molar-refractivity contribution in [1.29, 1.82) is 0 Å². The Morgan fingerprint density at radius 2 is 2.21 bits per heavy atom. The van der Waals surface area contributed by atoms with Crippen LogP contribution in [0.5, 0.6) is 0 Å². The maximum Gasteiger partial charge on any atom is 0.271 e. The van der Waals surface area contributed by atoms with E-state index in [1.165, 1.54) is 11.1 Å². The standard InChI is InChI=1S/C17H17N3O3S/c1-10-6-7-11(23-10)8-18-15(21)12-9-19-17-20(16(12)22)13-4-2-3-5-14(13)24-17/h6-7,9H,2-5,8H2,1H3,(H,18,21). The van der Waals surface area contributed by atoms with Gasteiger partial charge in [-0.2, -0.15) is 0 Å². The number of nitrogens with one attached hydrogen (secondary N) is 1. The lowest BCUT2D eigenvalue weighted by atomic mass is 10.0. The van der Waals surface area contributed by atoms with Gasteiger partial charge in [0.1, 0.15) is 17.1 Å². The minimum absolute atomic E-state index is 0.0713. The zero-order valence-corrected chi connectivity index (χ0v) is 14.1. The number of hydrogen-bond donors (Lipinski definition) is 1. The van der Waals surface area contributed by atoms with Gasteiger partial charge in [0.25, 0.3) is 11.5 Å². The molecule has 7 heteroatoms. The molecule has 1 amide bonds. The fourth-order valence-electron chi connectivity index (χ4n) is 3.07. The Hall–Kier alpha value is -2.41. The van der Waals surface area contributed by atoms with E-state index in [0.29, 0.717) is 10.7 Å². The van der Waals surface area contributed by atoms with Crippen LogP contribution >= 0.6 is 11.3 Å². The first kappa shape index (κ1) is 15.1.